The summed E-state index contributed by atoms with van der Waals surface area (Å²) in [5.74, 6) is -1.08. The topological polar surface area (TPSA) is 119 Å². The van der Waals surface area contributed by atoms with E-state index in [1.807, 2.05) is 6.92 Å². The lowest BCUT2D eigenvalue weighted by atomic mass is 9.97. The molecule has 3 aromatic rings. The van der Waals surface area contributed by atoms with Crippen LogP contribution in [0.25, 0.3) is 0 Å². The van der Waals surface area contributed by atoms with Gasteiger partial charge < -0.3 is 10.6 Å². The Morgan fingerprint density at radius 1 is 1.14 bits per heavy atom. The van der Waals surface area contributed by atoms with Crippen LogP contribution < -0.4 is 10.6 Å². The summed E-state index contributed by atoms with van der Waals surface area (Å²) < 4.78 is 87.2. The summed E-state index contributed by atoms with van der Waals surface area (Å²) in [7, 11) is -0.643. The predicted octanol–water partition coefficient (Wildman–Crippen LogP) is 4.88. The molecule has 2 atom stereocenters. The average Bonchev–Trinajstić information content (AvgIpc) is 3.35. The van der Waals surface area contributed by atoms with Gasteiger partial charge in [-0.2, -0.15) is 18.3 Å². The maximum absolute atomic E-state index is 13.3. The predicted molar refractivity (Wildman–Crippen MR) is 145 cm³/mol. The molecule has 9 nitrogen and oxygen atoms in total. The molecular formula is C26H30F6N6O3S. The van der Waals surface area contributed by atoms with Gasteiger partial charge in [-0.3, -0.25) is 22.9 Å². The minimum atomic E-state index is -4.93. The molecule has 42 heavy (non-hydrogen) atoms. The van der Waals surface area contributed by atoms with Gasteiger partial charge in [-0.25, -0.2) is 18.7 Å². The Morgan fingerprint density at radius 3 is 2.36 bits per heavy atom. The Labute approximate surface area is 240 Å². The lowest BCUT2D eigenvalue weighted by Crippen LogP contribution is -2.37. The molecule has 2 heterocycles. The van der Waals surface area contributed by atoms with Gasteiger partial charge in [-0.1, -0.05) is 19.1 Å². The molecule has 1 aromatic carbocycles. The summed E-state index contributed by atoms with van der Waals surface area (Å²) in [6.45, 7) is 4.36. The maximum atomic E-state index is 13.3. The highest BCUT2D eigenvalue weighted by Crippen LogP contribution is 2.32. The van der Waals surface area contributed by atoms with Crippen molar-refractivity contribution in [2.24, 2.45) is 0 Å². The van der Waals surface area contributed by atoms with Crippen molar-refractivity contribution in [3.05, 3.63) is 70.1 Å². The van der Waals surface area contributed by atoms with Gasteiger partial charge in [0.15, 0.2) is 0 Å². The Morgan fingerprint density at radius 2 is 1.81 bits per heavy atom. The van der Waals surface area contributed by atoms with Crippen LogP contribution in [-0.4, -0.2) is 61.0 Å². The molecular weight excluding hydrogens is 590 g/mol. The molecule has 3 rings (SSSR count). The molecule has 0 saturated heterocycles. The fraction of sp³-hybridized carbons (Fsp3) is 0.423. The molecule has 0 saturated carbocycles. The van der Waals surface area contributed by atoms with Gasteiger partial charge in [0, 0.05) is 28.9 Å². The summed E-state index contributed by atoms with van der Waals surface area (Å²) in [6, 6.07) is 4.66. The van der Waals surface area contributed by atoms with Crippen molar-refractivity contribution in [1.82, 2.24) is 25.1 Å². The first-order valence-corrected chi connectivity index (χ1v) is 14.1. The smallest absolute Gasteiger partial charge is 0.349 e. The first-order valence-electron chi connectivity index (χ1n) is 12.4. The van der Waals surface area contributed by atoms with Gasteiger partial charge in [0.05, 0.1) is 35.9 Å². The van der Waals surface area contributed by atoms with E-state index in [0.29, 0.717) is 23.8 Å². The Bertz CT molecular complexity index is 1430. The van der Waals surface area contributed by atoms with Crippen LogP contribution in [0, 0.1) is 6.92 Å². The first kappa shape index (κ1) is 34.4. The summed E-state index contributed by atoms with van der Waals surface area (Å²) in [5.41, 5.74) is -1.26. The van der Waals surface area contributed by atoms with Gasteiger partial charge in [-0.15, -0.1) is 0 Å². The summed E-state index contributed by atoms with van der Waals surface area (Å²) >= 11 is 0. The van der Waals surface area contributed by atoms with Gasteiger partial charge in [0.2, 0.25) is 0 Å². The van der Waals surface area contributed by atoms with E-state index in [4.69, 9.17) is 0 Å². The van der Waals surface area contributed by atoms with E-state index in [1.165, 1.54) is 25.4 Å². The molecule has 0 spiro atoms. The fourth-order valence-electron chi connectivity index (χ4n) is 3.97. The number of nitrogens with zero attached hydrogens (tertiary/aromatic N) is 4. The minimum Gasteiger partial charge on any atom is -0.349 e. The maximum Gasteiger partial charge on any atom is 0.433 e. The van der Waals surface area contributed by atoms with Crippen molar-refractivity contribution in [2.45, 2.75) is 52.4 Å². The van der Waals surface area contributed by atoms with Crippen molar-refractivity contribution in [3.63, 3.8) is 0 Å². The third kappa shape index (κ3) is 8.84. The van der Waals surface area contributed by atoms with Crippen molar-refractivity contribution in [1.29, 1.82) is 0 Å². The highest BCUT2D eigenvalue weighted by Gasteiger charge is 2.37. The Balaban J connectivity index is 0.00000301. The number of benzene rings is 1. The van der Waals surface area contributed by atoms with Crippen LogP contribution in [0.4, 0.5) is 32.0 Å². The van der Waals surface area contributed by atoms with E-state index in [9.17, 15) is 40.1 Å². The molecule has 0 aliphatic rings. The van der Waals surface area contributed by atoms with E-state index in [1.54, 1.807) is 19.1 Å². The number of hydrogen-bond donors (Lipinski definition) is 2. The molecule has 2 N–H and O–H groups in total. The summed E-state index contributed by atoms with van der Waals surface area (Å²) in [6.07, 6.45) is -4.98. The zero-order valence-corrected chi connectivity index (χ0v) is 24.2. The largest absolute Gasteiger partial charge is 0.433 e. The zero-order chi connectivity index (χ0) is 31.8. The van der Waals surface area contributed by atoms with Crippen LogP contribution in [0.1, 0.15) is 69.5 Å². The quantitative estimate of drug-likeness (QED) is 0.312. The van der Waals surface area contributed by atoms with E-state index in [2.05, 4.69) is 25.7 Å². The number of amides is 2. The second-order valence-corrected chi connectivity index (χ2v) is 10.4. The van der Waals surface area contributed by atoms with Gasteiger partial charge in [0.25, 0.3) is 18.2 Å². The van der Waals surface area contributed by atoms with E-state index >= 15 is 0 Å². The fourth-order valence-corrected chi connectivity index (χ4v) is 4.76. The van der Waals surface area contributed by atoms with Crippen LogP contribution >= 0.6 is 0 Å². The lowest BCUT2D eigenvalue weighted by Gasteiger charge is -2.17. The molecule has 230 valence electrons. The van der Waals surface area contributed by atoms with Gasteiger partial charge in [-0.05, 0) is 38.0 Å². The van der Waals surface area contributed by atoms with Crippen LogP contribution in [0.3, 0.4) is 0 Å². The average molecular weight is 621 g/mol. The summed E-state index contributed by atoms with van der Waals surface area (Å²) in [4.78, 5) is 34.4. The van der Waals surface area contributed by atoms with Crippen LogP contribution in [0.15, 0.2) is 30.5 Å². The number of nitrogens with one attached hydrogen (secondary N) is 2. The molecule has 2 aromatic heterocycles. The molecule has 0 aliphatic carbocycles. The monoisotopic (exact) mass is 620 g/mol. The first-order chi connectivity index (χ1) is 19.7. The van der Waals surface area contributed by atoms with Crippen molar-refractivity contribution in [3.8, 4) is 0 Å². The van der Waals surface area contributed by atoms with Crippen molar-refractivity contribution < 1.29 is 40.1 Å². The number of aromatic nitrogens is 4. The number of rotatable bonds is 10. The van der Waals surface area contributed by atoms with Crippen LogP contribution in [0.5, 0.6) is 0 Å². The van der Waals surface area contributed by atoms with Gasteiger partial charge in [0.1, 0.15) is 23.8 Å². The zero-order valence-electron chi connectivity index (χ0n) is 23.4. The van der Waals surface area contributed by atoms with E-state index < -0.39 is 59.2 Å². The van der Waals surface area contributed by atoms with E-state index in [0.717, 1.165) is 0 Å². The van der Waals surface area contributed by atoms with Crippen LogP contribution in [0.2, 0.25) is 0 Å². The molecule has 2 unspecified atom stereocenters. The minimum absolute atomic E-state index is 0.0658. The molecule has 0 aliphatic heterocycles. The lowest BCUT2D eigenvalue weighted by molar-refractivity contribution is -0.144. The standard InChI is InChI=1S/C25H27F5N6O3S.CH3F/c1-5-15-7-6-8-16(21(15)24(38)32-13(2)12-40(4)39)23(37)34-18-10-31-20(33-14(18)3)11-36-19(25(28,29)30)9-17(35-36)22(26)27;1-2/h6-10,13,22H,5,11-12H2,1-4H3,(H,32,38)(H,34,37);1H3. The number of anilines is 1. The molecule has 2 amide bonds. The Hall–Kier alpha value is -3.82. The number of hydrogen-bond acceptors (Lipinski definition) is 6. The molecule has 0 radical (unpaired) electrons. The second-order valence-electron chi connectivity index (χ2n) is 8.96. The summed E-state index contributed by atoms with van der Waals surface area (Å²) in [5, 5.41) is 8.70. The number of aryl methyl sites for hydroxylation is 2. The van der Waals surface area contributed by atoms with Crippen LogP contribution in [-0.2, 0) is 29.9 Å². The Kier molecular flexibility index (Phi) is 12.2. The molecule has 0 bridgehead atoms. The normalized spacial score (nSPS) is 12.8. The SMILES string of the molecule is CCc1cccc(C(=O)Nc2cnc(Cn3nc(C(F)F)cc3C(F)(F)F)nc2C)c1C(=O)NC(C)CS(C)=O.CF. The molecule has 16 heteroatoms. The van der Waals surface area contributed by atoms with Gasteiger partial charge >= 0.3 is 6.18 Å². The third-order valence-electron chi connectivity index (χ3n) is 5.75. The molecule has 0 fully saturated rings. The number of alkyl halides is 6. The highest BCUT2D eigenvalue weighted by molar-refractivity contribution is 7.84. The number of halogens is 6. The second kappa shape index (κ2) is 14.9. The van der Waals surface area contributed by atoms with Crippen molar-refractivity contribution in [2.75, 3.05) is 24.5 Å². The number of carbonyl (C=O) groups excluding carboxylic acids is 2. The van der Waals surface area contributed by atoms with E-state index in [-0.39, 0.29) is 40.2 Å². The van der Waals surface area contributed by atoms with Crippen molar-refractivity contribution >= 4 is 28.3 Å². The third-order valence-corrected chi connectivity index (χ3v) is 6.72. The number of carbonyl (C=O) groups is 2. The highest BCUT2D eigenvalue weighted by atomic mass is 32.2.